The average molecular weight is 310 g/mol. The van der Waals surface area contributed by atoms with E-state index in [-0.39, 0.29) is 11.6 Å². The van der Waals surface area contributed by atoms with E-state index < -0.39 is 11.7 Å². The molecule has 108 valence electrons. The van der Waals surface area contributed by atoms with Crippen molar-refractivity contribution in [3.63, 3.8) is 0 Å². The zero-order chi connectivity index (χ0) is 15.0. The Morgan fingerprint density at radius 3 is 2.71 bits per heavy atom. The summed E-state index contributed by atoms with van der Waals surface area (Å²) in [6.07, 6.45) is -4.39. The van der Waals surface area contributed by atoms with Gasteiger partial charge in [0, 0.05) is 5.69 Å². The van der Waals surface area contributed by atoms with Crippen molar-refractivity contribution in [1.29, 1.82) is 0 Å². The molecule has 0 aliphatic rings. The van der Waals surface area contributed by atoms with Crippen LogP contribution in [-0.2, 0) is 6.18 Å². The highest BCUT2D eigenvalue weighted by atomic mass is 32.1. The maximum absolute atomic E-state index is 12.7. The third-order valence-corrected chi connectivity index (χ3v) is 3.60. The standard InChI is InChI=1S/C13H9F3N4S/c14-13(15,16)7-2-1-3-8(6-7)18-10-9-4-5-21-11(9)20-12(17)19-10/h1-6H,(H3,17,18,19,20). The first kappa shape index (κ1) is 13.6. The van der Waals surface area contributed by atoms with E-state index in [9.17, 15) is 13.2 Å². The van der Waals surface area contributed by atoms with E-state index in [4.69, 9.17) is 5.73 Å². The molecular weight excluding hydrogens is 301 g/mol. The third kappa shape index (κ3) is 2.75. The summed E-state index contributed by atoms with van der Waals surface area (Å²) in [5, 5.41) is 5.39. The van der Waals surface area contributed by atoms with Gasteiger partial charge in [-0.05, 0) is 29.6 Å². The van der Waals surface area contributed by atoms with Gasteiger partial charge in [-0.15, -0.1) is 11.3 Å². The second-order valence-electron chi connectivity index (χ2n) is 4.27. The van der Waals surface area contributed by atoms with Crippen LogP contribution in [0.1, 0.15) is 5.56 Å². The highest BCUT2D eigenvalue weighted by Gasteiger charge is 2.30. The Kier molecular flexibility index (Phi) is 3.17. The Hall–Kier alpha value is -2.35. The Morgan fingerprint density at radius 2 is 1.95 bits per heavy atom. The summed E-state index contributed by atoms with van der Waals surface area (Å²) in [4.78, 5) is 8.78. The predicted octanol–water partition coefficient (Wildman–Crippen LogP) is 4.04. The maximum Gasteiger partial charge on any atom is 0.416 e. The van der Waals surface area contributed by atoms with Crippen LogP contribution in [0.2, 0.25) is 0 Å². The van der Waals surface area contributed by atoms with Gasteiger partial charge < -0.3 is 11.1 Å². The minimum Gasteiger partial charge on any atom is -0.368 e. The van der Waals surface area contributed by atoms with Gasteiger partial charge in [0.1, 0.15) is 10.6 Å². The number of rotatable bonds is 2. The molecule has 0 atom stereocenters. The molecule has 3 rings (SSSR count). The number of fused-ring (bicyclic) bond motifs is 1. The number of benzene rings is 1. The van der Waals surface area contributed by atoms with Crippen LogP contribution >= 0.6 is 11.3 Å². The number of nitrogen functional groups attached to an aromatic ring is 1. The Bertz CT molecular complexity index is 797. The molecule has 0 fully saturated rings. The van der Waals surface area contributed by atoms with E-state index in [0.717, 1.165) is 12.1 Å². The first-order chi connectivity index (χ1) is 9.93. The van der Waals surface area contributed by atoms with Crippen LogP contribution in [0.25, 0.3) is 10.2 Å². The molecule has 3 aromatic rings. The lowest BCUT2D eigenvalue weighted by atomic mass is 10.2. The number of hydrogen-bond donors (Lipinski definition) is 2. The first-order valence-corrected chi connectivity index (χ1v) is 6.76. The lowest BCUT2D eigenvalue weighted by molar-refractivity contribution is -0.137. The molecule has 0 saturated carbocycles. The molecule has 21 heavy (non-hydrogen) atoms. The number of thiophene rings is 1. The maximum atomic E-state index is 12.7. The second kappa shape index (κ2) is 4.88. The number of nitrogens with one attached hydrogen (secondary N) is 1. The molecule has 0 aliphatic heterocycles. The van der Waals surface area contributed by atoms with Crippen LogP contribution in [-0.4, -0.2) is 9.97 Å². The van der Waals surface area contributed by atoms with Crippen LogP contribution in [0.3, 0.4) is 0 Å². The zero-order valence-electron chi connectivity index (χ0n) is 10.5. The van der Waals surface area contributed by atoms with Crippen molar-refractivity contribution in [2.45, 2.75) is 6.18 Å². The third-order valence-electron chi connectivity index (χ3n) is 2.79. The number of anilines is 3. The topological polar surface area (TPSA) is 63.8 Å². The van der Waals surface area contributed by atoms with Gasteiger partial charge in [0.2, 0.25) is 5.95 Å². The molecule has 2 heterocycles. The monoisotopic (exact) mass is 310 g/mol. The minimum atomic E-state index is -4.39. The average Bonchev–Trinajstić information content (AvgIpc) is 2.86. The summed E-state index contributed by atoms with van der Waals surface area (Å²) in [5.41, 5.74) is 5.16. The van der Waals surface area contributed by atoms with Crippen LogP contribution in [0.4, 0.5) is 30.6 Å². The zero-order valence-corrected chi connectivity index (χ0v) is 11.3. The molecule has 0 radical (unpaired) electrons. The van der Waals surface area contributed by atoms with Gasteiger partial charge in [0.15, 0.2) is 0 Å². The lowest BCUT2D eigenvalue weighted by Crippen LogP contribution is -2.06. The minimum absolute atomic E-state index is 0.0689. The van der Waals surface area contributed by atoms with Gasteiger partial charge in [-0.3, -0.25) is 0 Å². The van der Waals surface area contributed by atoms with Crippen molar-refractivity contribution in [1.82, 2.24) is 9.97 Å². The molecule has 8 heteroatoms. The number of alkyl halides is 3. The fourth-order valence-electron chi connectivity index (χ4n) is 1.88. The van der Waals surface area contributed by atoms with Crippen LogP contribution in [0.15, 0.2) is 35.7 Å². The highest BCUT2D eigenvalue weighted by molar-refractivity contribution is 7.16. The number of hydrogen-bond acceptors (Lipinski definition) is 5. The summed E-state index contributed by atoms with van der Waals surface area (Å²) in [5.74, 6) is 0.456. The molecular formula is C13H9F3N4S. The molecule has 0 amide bonds. The normalized spacial score (nSPS) is 11.8. The van der Waals surface area contributed by atoms with Gasteiger partial charge in [0.25, 0.3) is 0 Å². The van der Waals surface area contributed by atoms with Gasteiger partial charge in [-0.2, -0.15) is 18.2 Å². The summed E-state index contributed by atoms with van der Waals surface area (Å²) < 4.78 is 38.1. The first-order valence-electron chi connectivity index (χ1n) is 5.88. The fourth-order valence-corrected chi connectivity index (χ4v) is 2.65. The molecule has 0 saturated heterocycles. The molecule has 0 bridgehead atoms. The molecule has 4 nitrogen and oxygen atoms in total. The number of nitrogens with zero attached hydrogens (tertiary/aromatic N) is 2. The Morgan fingerprint density at radius 1 is 1.14 bits per heavy atom. The molecule has 1 aromatic carbocycles. The van der Waals surface area contributed by atoms with Gasteiger partial charge in [-0.1, -0.05) is 6.07 Å². The molecule has 2 aromatic heterocycles. The van der Waals surface area contributed by atoms with E-state index in [1.807, 2.05) is 5.38 Å². The number of halogens is 3. The van der Waals surface area contributed by atoms with Gasteiger partial charge in [0.05, 0.1) is 10.9 Å². The largest absolute Gasteiger partial charge is 0.416 e. The smallest absolute Gasteiger partial charge is 0.368 e. The van der Waals surface area contributed by atoms with E-state index in [2.05, 4.69) is 15.3 Å². The summed E-state index contributed by atoms with van der Waals surface area (Å²) >= 11 is 1.38. The van der Waals surface area contributed by atoms with Crippen molar-refractivity contribution < 1.29 is 13.2 Å². The van der Waals surface area contributed by atoms with Crippen molar-refractivity contribution in [3.8, 4) is 0 Å². The number of aromatic nitrogens is 2. The van der Waals surface area contributed by atoms with Crippen molar-refractivity contribution in [2.24, 2.45) is 0 Å². The van der Waals surface area contributed by atoms with E-state index in [0.29, 0.717) is 16.0 Å². The van der Waals surface area contributed by atoms with Crippen molar-refractivity contribution in [2.75, 3.05) is 11.1 Å². The van der Waals surface area contributed by atoms with Crippen LogP contribution in [0.5, 0.6) is 0 Å². The second-order valence-corrected chi connectivity index (χ2v) is 5.17. The van der Waals surface area contributed by atoms with E-state index in [1.54, 1.807) is 6.07 Å². The summed E-state index contributed by atoms with van der Waals surface area (Å²) in [6.45, 7) is 0. The van der Waals surface area contributed by atoms with Crippen molar-refractivity contribution in [3.05, 3.63) is 41.3 Å². The SMILES string of the molecule is Nc1nc(Nc2cccc(C(F)(F)F)c2)c2ccsc2n1. The molecule has 0 unspecified atom stereocenters. The Balaban J connectivity index is 2.01. The Labute approximate surface area is 121 Å². The number of nitrogens with two attached hydrogens (primary N) is 1. The lowest BCUT2D eigenvalue weighted by Gasteiger charge is -2.11. The fraction of sp³-hybridized carbons (Fsp3) is 0.0769. The molecule has 3 N–H and O–H groups in total. The van der Waals surface area contributed by atoms with Crippen LogP contribution in [0, 0.1) is 0 Å². The van der Waals surface area contributed by atoms with E-state index in [1.165, 1.54) is 23.5 Å². The quantitative estimate of drug-likeness (QED) is 0.750. The van der Waals surface area contributed by atoms with Crippen LogP contribution < -0.4 is 11.1 Å². The van der Waals surface area contributed by atoms with E-state index >= 15 is 0 Å². The highest BCUT2D eigenvalue weighted by Crippen LogP contribution is 2.32. The molecule has 0 spiro atoms. The predicted molar refractivity (Wildman–Crippen MR) is 76.6 cm³/mol. The summed E-state index contributed by atoms with van der Waals surface area (Å²) in [6, 6.07) is 6.69. The van der Waals surface area contributed by atoms with Gasteiger partial charge >= 0.3 is 6.18 Å². The van der Waals surface area contributed by atoms with Crippen molar-refractivity contribution >= 4 is 39.0 Å². The van der Waals surface area contributed by atoms with Gasteiger partial charge in [-0.25, -0.2) is 4.98 Å². The summed E-state index contributed by atoms with van der Waals surface area (Å²) in [7, 11) is 0. The molecule has 0 aliphatic carbocycles.